The lowest BCUT2D eigenvalue weighted by atomic mass is 10.0. The lowest BCUT2D eigenvalue weighted by Gasteiger charge is -2.18. The minimum atomic E-state index is -1.08. The average molecular weight is 517 g/mol. The van der Waals surface area contributed by atoms with Crippen molar-refractivity contribution in [2.24, 2.45) is 0 Å². The van der Waals surface area contributed by atoms with Crippen molar-refractivity contribution in [3.8, 4) is 5.75 Å². The minimum absolute atomic E-state index is 0.296. The molecule has 2 aromatic rings. The monoisotopic (exact) mass is 516 g/mol. The van der Waals surface area contributed by atoms with Crippen LogP contribution in [0.3, 0.4) is 0 Å². The lowest BCUT2D eigenvalue weighted by molar-refractivity contribution is -0.143. The van der Waals surface area contributed by atoms with Crippen LogP contribution in [0.15, 0.2) is 36.4 Å². The maximum Gasteiger partial charge on any atom is 0.303 e. The van der Waals surface area contributed by atoms with E-state index in [9.17, 15) is 9.59 Å². The number of anilines is 1. The Kier molecular flexibility index (Phi) is 11.4. The van der Waals surface area contributed by atoms with Gasteiger partial charge in [0, 0.05) is 6.54 Å². The molecule has 36 heavy (non-hydrogen) atoms. The molecule has 0 amide bonds. The second-order valence-corrected chi connectivity index (χ2v) is 9.73. The molecule has 1 heterocycles. The van der Waals surface area contributed by atoms with Gasteiger partial charge in [0.1, 0.15) is 5.75 Å². The van der Waals surface area contributed by atoms with Crippen molar-refractivity contribution < 1.29 is 24.5 Å². The Bertz CT molecular complexity index is 974. The second-order valence-electron chi connectivity index (χ2n) is 9.33. The van der Waals surface area contributed by atoms with Crippen LogP contribution in [-0.2, 0) is 29.0 Å². The summed E-state index contributed by atoms with van der Waals surface area (Å²) in [4.78, 5) is 19.3. The molecule has 1 aliphatic heterocycles. The van der Waals surface area contributed by atoms with E-state index in [1.54, 1.807) is 0 Å². The Morgan fingerprint density at radius 3 is 2.19 bits per heavy atom. The Morgan fingerprint density at radius 2 is 1.56 bits per heavy atom. The Labute approximate surface area is 218 Å². The molecule has 4 rings (SSSR count). The summed E-state index contributed by atoms with van der Waals surface area (Å²) in [5, 5.41) is 23.7. The van der Waals surface area contributed by atoms with Gasteiger partial charge in [-0.2, -0.15) is 0 Å². The third-order valence-corrected chi connectivity index (χ3v) is 6.85. The molecule has 1 aliphatic carbocycles. The smallest absolute Gasteiger partial charge is 0.303 e. The van der Waals surface area contributed by atoms with Crippen molar-refractivity contribution >= 4 is 29.2 Å². The van der Waals surface area contributed by atoms with E-state index in [2.05, 4.69) is 41.0 Å². The molecule has 2 aromatic carbocycles. The first-order valence-corrected chi connectivity index (χ1v) is 13.2. The van der Waals surface area contributed by atoms with Crippen LogP contribution in [0.1, 0.15) is 68.1 Å². The first-order valence-electron chi connectivity index (χ1n) is 12.9. The van der Waals surface area contributed by atoms with E-state index in [1.165, 1.54) is 55.2 Å². The van der Waals surface area contributed by atoms with E-state index in [0.29, 0.717) is 6.10 Å². The number of ether oxygens (including phenoxy) is 1. The maximum absolute atomic E-state index is 9.64. The van der Waals surface area contributed by atoms with Gasteiger partial charge in [-0.1, -0.05) is 42.6 Å². The van der Waals surface area contributed by atoms with Gasteiger partial charge in [-0.05, 0) is 86.5 Å². The van der Waals surface area contributed by atoms with E-state index in [-0.39, 0.29) is 12.8 Å². The van der Waals surface area contributed by atoms with Crippen LogP contribution in [0, 0.1) is 0 Å². The molecule has 1 saturated carbocycles. The van der Waals surface area contributed by atoms with Crippen molar-refractivity contribution in [3.63, 3.8) is 0 Å². The molecular formula is C28H37ClN2O5. The van der Waals surface area contributed by atoms with E-state index in [0.717, 1.165) is 48.9 Å². The van der Waals surface area contributed by atoms with Crippen molar-refractivity contribution in [3.05, 3.63) is 58.1 Å². The highest BCUT2D eigenvalue weighted by atomic mass is 35.5. The summed E-state index contributed by atoms with van der Waals surface area (Å²) >= 11 is 6.52. The maximum atomic E-state index is 9.64. The fraction of sp³-hybridized carbons (Fsp3) is 0.500. The molecule has 0 radical (unpaired) electrons. The number of rotatable bonds is 8. The third kappa shape index (κ3) is 9.36. The molecule has 0 bridgehead atoms. The summed E-state index contributed by atoms with van der Waals surface area (Å²) in [6.07, 6.45) is 9.56. The van der Waals surface area contributed by atoms with E-state index in [4.69, 9.17) is 26.6 Å². The average Bonchev–Trinajstić information content (AvgIpc) is 3.26. The Hall–Kier alpha value is -2.77. The quantitative estimate of drug-likeness (QED) is 0.334. The number of benzene rings is 2. The highest BCUT2D eigenvalue weighted by Gasteiger charge is 2.15. The van der Waals surface area contributed by atoms with Gasteiger partial charge in [-0.3, -0.25) is 9.59 Å². The van der Waals surface area contributed by atoms with Gasteiger partial charge in [-0.25, -0.2) is 0 Å². The number of aliphatic carboxylic acids is 2. The topological polar surface area (TPSA) is 108 Å². The number of carboxylic acids is 2. The summed E-state index contributed by atoms with van der Waals surface area (Å²) in [6, 6.07) is 12.7. The Morgan fingerprint density at radius 1 is 0.917 bits per heavy atom. The predicted octanol–water partition coefficient (Wildman–Crippen LogP) is 5.68. The summed E-state index contributed by atoms with van der Waals surface area (Å²) < 4.78 is 6.21. The fourth-order valence-electron chi connectivity index (χ4n) is 4.58. The molecule has 2 aliphatic rings. The molecule has 1 fully saturated rings. The van der Waals surface area contributed by atoms with Gasteiger partial charge in [-0.15, -0.1) is 0 Å². The first kappa shape index (κ1) is 27.8. The van der Waals surface area contributed by atoms with E-state index in [1.807, 2.05) is 6.07 Å². The van der Waals surface area contributed by atoms with Gasteiger partial charge in [0.15, 0.2) is 0 Å². The molecule has 0 atom stereocenters. The second kappa shape index (κ2) is 14.7. The molecule has 7 nitrogen and oxygen atoms in total. The summed E-state index contributed by atoms with van der Waals surface area (Å²) in [7, 11) is 0. The number of nitrogens with one attached hydrogen (secondary N) is 2. The number of carbonyl (C=O) groups is 2. The minimum Gasteiger partial charge on any atom is -0.490 e. The third-order valence-electron chi connectivity index (χ3n) is 6.53. The standard InChI is InChI=1S/C24H31ClN2O.C4H6O4/c25-23-12-9-19-13-15-26-16-14-22(19)24(23)27-17-18-7-10-21(11-8-18)28-20-5-3-1-2-4-6-20;5-3(6)1-2-4(7)8/h7-12,20,26-27H,1-6,13-17H2;1-2H2,(H,5,6)(H,7,8). The van der Waals surface area contributed by atoms with Crippen LogP contribution in [0.4, 0.5) is 5.69 Å². The van der Waals surface area contributed by atoms with Crippen LogP contribution in [0.25, 0.3) is 0 Å². The van der Waals surface area contributed by atoms with E-state index >= 15 is 0 Å². The molecule has 0 spiro atoms. The van der Waals surface area contributed by atoms with Crippen molar-refractivity contribution in [1.82, 2.24) is 5.32 Å². The van der Waals surface area contributed by atoms with Gasteiger partial charge < -0.3 is 25.6 Å². The van der Waals surface area contributed by atoms with Crippen LogP contribution in [0.2, 0.25) is 5.02 Å². The van der Waals surface area contributed by atoms with Crippen molar-refractivity contribution in [1.29, 1.82) is 0 Å². The molecule has 196 valence electrons. The van der Waals surface area contributed by atoms with Crippen LogP contribution in [0.5, 0.6) is 5.75 Å². The van der Waals surface area contributed by atoms with Gasteiger partial charge in [0.05, 0.1) is 29.7 Å². The zero-order valence-corrected chi connectivity index (χ0v) is 21.5. The molecule has 0 aromatic heterocycles. The molecule has 0 unspecified atom stereocenters. The predicted molar refractivity (Wildman–Crippen MR) is 142 cm³/mol. The molecule has 4 N–H and O–H groups in total. The molecule has 0 saturated heterocycles. The van der Waals surface area contributed by atoms with Gasteiger partial charge >= 0.3 is 11.9 Å². The summed E-state index contributed by atoms with van der Waals surface area (Å²) in [5.41, 5.74) is 5.12. The Balaban J connectivity index is 0.000000392. The summed E-state index contributed by atoms with van der Waals surface area (Å²) in [5.74, 6) is -1.16. The number of carboxylic acid groups (broad SMARTS) is 2. The van der Waals surface area contributed by atoms with Crippen LogP contribution < -0.4 is 15.4 Å². The van der Waals surface area contributed by atoms with Gasteiger partial charge in [0.25, 0.3) is 0 Å². The summed E-state index contributed by atoms with van der Waals surface area (Å²) in [6.45, 7) is 2.82. The normalized spacial score (nSPS) is 15.9. The molecule has 8 heteroatoms. The zero-order valence-electron chi connectivity index (χ0n) is 20.7. The highest BCUT2D eigenvalue weighted by molar-refractivity contribution is 6.33. The first-order chi connectivity index (χ1) is 17.4. The fourth-order valence-corrected chi connectivity index (χ4v) is 4.82. The van der Waals surface area contributed by atoms with Crippen LogP contribution >= 0.6 is 11.6 Å². The zero-order chi connectivity index (χ0) is 25.8. The number of fused-ring (bicyclic) bond motifs is 1. The lowest BCUT2D eigenvalue weighted by Crippen LogP contribution is -2.16. The molecular weight excluding hydrogens is 480 g/mol. The van der Waals surface area contributed by atoms with Crippen molar-refractivity contribution in [2.75, 3.05) is 18.4 Å². The van der Waals surface area contributed by atoms with E-state index < -0.39 is 11.9 Å². The number of hydrogen-bond donors (Lipinski definition) is 4. The SMILES string of the molecule is Clc1ccc2c(c1NCc1ccc(OC3CCCCCC3)cc1)CCNCC2.O=C(O)CCC(=O)O. The number of halogens is 1. The van der Waals surface area contributed by atoms with Gasteiger partial charge in [0.2, 0.25) is 0 Å². The largest absolute Gasteiger partial charge is 0.490 e. The number of hydrogen-bond acceptors (Lipinski definition) is 5. The van der Waals surface area contributed by atoms with Crippen molar-refractivity contribution in [2.45, 2.75) is 76.9 Å². The van der Waals surface area contributed by atoms with Crippen LogP contribution in [-0.4, -0.2) is 41.3 Å². The highest BCUT2D eigenvalue weighted by Crippen LogP contribution is 2.31.